The second kappa shape index (κ2) is 5.10. The highest BCUT2D eigenvalue weighted by Crippen LogP contribution is 2.44. The van der Waals surface area contributed by atoms with Gasteiger partial charge in [0, 0.05) is 28.9 Å². The molecule has 1 heterocycles. The van der Waals surface area contributed by atoms with Gasteiger partial charge in [-0.05, 0) is 36.3 Å². The molecule has 0 unspecified atom stereocenters. The Morgan fingerprint density at radius 3 is 2.43 bits per heavy atom. The van der Waals surface area contributed by atoms with Crippen molar-refractivity contribution in [2.24, 2.45) is 7.05 Å². The van der Waals surface area contributed by atoms with Crippen LogP contribution in [0.1, 0.15) is 12.5 Å². The molecule has 1 aromatic heterocycles. The number of para-hydroxylation sites is 1. The third kappa shape index (κ3) is 1.99. The Morgan fingerprint density at radius 2 is 1.65 bits per heavy atom. The van der Waals surface area contributed by atoms with Gasteiger partial charge in [0.2, 0.25) is 0 Å². The maximum absolute atomic E-state index is 11.4. The molecule has 2 aromatic rings. The van der Waals surface area contributed by atoms with Gasteiger partial charge in [0.05, 0.1) is 5.52 Å². The number of allylic oxidation sites excluding steroid dienone is 1. The highest BCUT2D eigenvalue weighted by Gasteiger charge is 2.21. The summed E-state index contributed by atoms with van der Waals surface area (Å²) in [5.74, 6) is 0.0616. The van der Waals surface area contributed by atoms with Crippen LogP contribution in [-0.4, -0.2) is 10.4 Å². The molecule has 2 aliphatic carbocycles. The van der Waals surface area contributed by atoms with Crippen LogP contribution in [-0.2, 0) is 11.8 Å². The molecule has 0 saturated carbocycles. The molecule has 0 bridgehead atoms. The molecule has 0 fully saturated rings. The van der Waals surface area contributed by atoms with Gasteiger partial charge in [-0.15, -0.1) is 0 Å². The number of aryl methyl sites for hydroxylation is 1. The molecule has 0 radical (unpaired) electrons. The summed E-state index contributed by atoms with van der Waals surface area (Å²) in [7, 11) is 2.09. The van der Waals surface area contributed by atoms with Crippen molar-refractivity contribution in [2.75, 3.05) is 0 Å². The number of rotatable bonds is 2. The van der Waals surface area contributed by atoms with E-state index in [1.165, 1.54) is 32.9 Å². The molecule has 2 nitrogen and oxygen atoms in total. The van der Waals surface area contributed by atoms with Crippen LogP contribution in [0.3, 0.4) is 0 Å². The second-order valence-corrected chi connectivity index (χ2v) is 5.90. The lowest BCUT2D eigenvalue weighted by Crippen LogP contribution is -1.88. The Bertz CT molecular complexity index is 1050. The lowest BCUT2D eigenvalue weighted by Gasteiger charge is -2.02. The zero-order valence-electron chi connectivity index (χ0n) is 13.2. The summed E-state index contributed by atoms with van der Waals surface area (Å²) >= 11 is 0. The normalized spacial score (nSPS) is 11.9. The van der Waals surface area contributed by atoms with Crippen LogP contribution in [0.4, 0.5) is 0 Å². The number of hydrogen-bond acceptors (Lipinski definition) is 1. The van der Waals surface area contributed by atoms with Crippen LogP contribution < -0.4 is 0 Å². The molecule has 112 valence electrons. The molecular formula is C21H17NO. The van der Waals surface area contributed by atoms with Crippen molar-refractivity contribution in [3.63, 3.8) is 0 Å². The van der Waals surface area contributed by atoms with E-state index in [2.05, 4.69) is 60.1 Å². The lowest BCUT2D eigenvalue weighted by molar-refractivity contribution is -0.112. The molecule has 4 rings (SSSR count). The Kier molecular flexibility index (Phi) is 3.05. The highest BCUT2D eigenvalue weighted by atomic mass is 16.1. The predicted octanol–water partition coefficient (Wildman–Crippen LogP) is 5.04. The summed E-state index contributed by atoms with van der Waals surface area (Å²) < 4.78 is 2.23. The first-order chi connectivity index (χ1) is 11.2. The summed E-state index contributed by atoms with van der Waals surface area (Å²) in [5, 5.41) is 2.51. The summed E-state index contributed by atoms with van der Waals surface area (Å²) in [6.07, 6.45) is 3.60. The SMILES string of the molecule is CC(=O)/C=C/c1c2cccccc-2c2c3ccccc3n(C)c12. The highest BCUT2D eigenvalue weighted by molar-refractivity contribution is 6.21. The zero-order valence-corrected chi connectivity index (χ0v) is 13.2. The minimum absolute atomic E-state index is 0.0616. The number of carbonyl (C=O) groups excluding carboxylic acids is 1. The molecule has 2 heteroatoms. The van der Waals surface area contributed by atoms with Crippen molar-refractivity contribution in [1.82, 2.24) is 4.57 Å². The second-order valence-electron chi connectivity index (χ2n) is 5.90. The monoisotopic (exact) mass is 299 g/mol. The summed E-state index contributed by atoms with van der Waals surface area (Å²) in [6.45, 7) is 1.58. The fourth-order valence-electron chi connectivity index (χ4n) is 3.48. The zero-order chi connectivity index (χ0) is 16.0. The van der Waals surface area contributed by atoms with Crippen molar-refractivity contribution < 1.29 is 4.79 Å². The first kappa shape index (κ1) is 13.8. The van der Waals surface area contributed by atoms with Crippen LogP contribution in [0, 0.1) is 0 Å². The molecule has 0 saturated heterocycles. The molecule has 0 amide bonds. The van der Waals surface area contributed by atoms with E-state index in [1.54, 1.807) is 13.0 Å². The first-order valence-corrected chi connectivity index (χ1v) is 7.75. The third-order valence-corrected chi connectivity index (χ3v) is 4.44. The van der Waals surface area contributed by atoms with Crippen LogP contribution in [0.2, 0.25) is 0 Å². The maximum Gasteiger partial charge on any atom is 0.152 e. The molecule has 0 spiro atoms. The number of hydrogen-bond donors (Lipinski definition) is 0. The van der Waals surface area contributed by atoms with Gasteiger partial charge in [0.15, 0.2) is 5.78 Å². The van der Waals surface area contributed by atoms with E-state index in [9.17, 15) is 4.79 Å². The summed E-state index contributed by atoms with van der Waals surface area (Å²) in [4.78, 5) is 11.4. The first-order valence-electron chi connectivity index (χ1n) is 7.75. The van der Waals surface area contributed by atoms with Gasteiger partial charge in [-0.2, -0.15) is 0 Å². The van der Waals surface area contributed by atoms with Crippen molar-refractivity contribution in [1.29, 1.82) is 0 Å². The molecule has 0 N–H and O–H groups in total. The van der Waals surface area contributed by atoms with Crippen LogP contribution >= 0.6 is 0 Å². The maximum atomic E-state index is 11.4. The average Bonchev–Trinajstić information content (AvgIpc) is 2.87. The molecule has 1 aromatic carbocycles. The fraction of sp³-hybridized carbons (Fsp3) is 0.0952. The quantitative estimate of drug-likeness (QED) is 0.475. The minimum Gasteiger partial charge on any atom is -0.343 e. The number of ketones is 1. The van der Waals surface area contributed by atoms with Crippen molar-refractivity contribution in [3.05, 3.63) is 66.2 Å². The Labute approximate surface area is 135 Å². The fourth-order valence-corrected chi connectivity index (χ4v) is 3.48. The van der Waals surface area contributed by atoms with Crippen LogP contribution in [0.25, 0.3) is 39.0 Å². The molecule has 2 aliphatic rings. The lowest BCUT2D eigenvalue weighted by atomic mass is 10.1. The van der Waals surface area contributed by atoms with E-state index < -0.39 is 0 Å². The molecule has 0 aliphatic heterocycles. The van der Waals surface area contributed by atoms with Gasteiger partial charge in [-0.25, -0.2) is 0 Å². The third-order valence-electron chi connectivity index (χ3n) is 4.44. The summed E-state index contributed by atoms with van der Waals surface area (Å²) in [6, 6.07) is 18.9. The largest absolute Gasteiger partial charge is 0.343 e. The van der Waals surface area contributed by atoms with E-state index in [0.717, 1.165) is 5.56 Å². The minimum atomic E-state index is 0.0616. The number of nitrogens with zero attached hydrogens (tertiary/aromatic N) is 1. The standard InChI is InChI=1S/C21H17NO/c1-14(23)12-13-17-15-8-4-3-5-9-16(15)20-18-10-6-7-11-19(18)22(2)21(17)20/h3-13H,1-2H3/b13-12+. The van der Waals surface area contributed by atoms with Crippen LogP contribution in [0.15, 0.2) is 60.7 Å². The number of aromatic nitrogens is 1. The van der Waals surface area contributed by atoms with Crippen molar-refractivity contribution in [2.45, 2.75) is 6.92 Å². The number of carbonyl (C=O) groups is 1. The van der Waals surface area contributed by atoms with Gasteiger partial charge in [-0.3, -0.25) is 4.79 Å². The van der Waals surface area contributed by atoms with E-state index in [4.69, 9.17) is 0 Å². The van der Waals surface area contributed by atoms with Gasteiger partial charge < -0.3 is 4.57 Å². The van der Waals surface area contributed by atoms with Gasteiger partial charge in [0.25, 0.3) is 0 Å². The van der Waals surface area contributed by atoms with Gasteiger partial charge in [0.1, 0.15) is 0 Å². The van der Waals surface area contributed by atoms with E-state index >= 15 is 0 Å². The molecule has 23 heavy (non-hydrogen) atoms. The molecule has 0 atom stereocenters. The smallest absolute Gasteiger partial charge is 0.152 e. The topological polar surface area (TPSA) is 22.0 Å². The van der Waals surface area contributed by atoms with Crippen molar-refractivity contribution in [3.8, 4) is 11.1 Å². The van der Waals surface area contributed by atoms with Crippen LogP contribution in [0.5, 0.6) is 0 Å². The summed E-state index contributed by atoms with van der Waals surface area (Å²) in [5.41, 5.74) is 5.91. The molecular weight excluding hydrogens is 282 g/mol. The average molecular weight is 299 g/mol. The number of benzene rings is 1. The van der Waals surface area contributed by atoms with Gasteiger partial charge >= 0.3 is 0 Å². The van der Waals surface area contributed by atoms with E-state index in [0.29, 0.717) is 0 Å². The number of fused-ring (bicyclic) bond motifs is 5. The van der Waals surface area contributed by atoms with E-state index in [-0.39, 0.29) is 5.78 Å². The van der Waals surface area contributed by atoms with E-state index in [1.807, 2.05) is 12.1 Å². The Morgan fingerprint density at radius 1 is 0.957 bits per heavy atom. The van der Waals surface area contributed by atoms with Crippen molar-refractivity contribution >= 4 is 33.7 Å². The Hall–Kier alpha value is -2.87. The Balaban J connectivity index is 2.25. The predicted molar refractivity (Wildman–Crippen MR) is 96.8 cm³/mol. The van der Waals surface area contributed by atoms with Gasteiger partial charge in [-0.1, -0.05) is 48.5 Å².